The molecule has 0 spiro atoms. The maximum Gasteiger partial charge on any atom is 0.0402 e. The molecule has 2 aliphatic rings. The van der Waals surface area contributed by atoms with Crippen molar-refractivity contribution < 1.29 is 0 Å². The van der Waals surface area contributed by atoms with Gasteiger partial charge in [0.25, 0.3) is 0 Å². The Kier molecular flexibility index (Phi) is 3.62. The van der Waals surface area contributed by atoms with E-state index in [0.717, 1.165) is 29.4 Å². The van der Waals surface area contributed by atoms with E-state index in [9.17, 15) is 0 Å². The molecule has 0 amide bonds. The van der Waals surface area contributed by atoms with Crippen LogP contribution in [0.2, 0.25) is 0 Å². The van der Waals surface area contributed by atoms with Crippen LogP contribution >= 0.6 is 15.9 Å². The molecule has 0 heterocycles. The third kappa shape index (κ3) is 2.89. The highest BCUT2D eigenvalue weighted by Gasteiger charge is 2.34. The van der Waals surface area contributed by atoms with Gasteiger partial charge in [0.1, 0.15) is 0 Å². The number of halogens is 1. The van der Waals surface area contributed by atoms with E-state index in [0.29, 0.717) is 0 Å². The standard InChI is InChI=1S/C15H21BrN2/c16-13-3-6-15(12(9-13)7-8-17)18(14-4-5-14)10-11-1-2-11/h3,6,9,11,14H,1-2,4-5,7-8,10,17H2. The maximum absolute atomic E-state index is 5.75. The molecule has 0 aliphatic heterocycles. The molecule has 18 heavy (non-hydrogen) atoms. The Morgan fingerprint density at radius 1 is 1.22 bits per heavy atom. The minimum Gasteiger partial charge on any atom is -0.368 e. The van der Waals surface area contributed by atoms with Crippen LogP contribution < -0.4 is 10.6 Å². The van der Waals surface area contributed by atoms with E-state index in [1.165, 1.54) is 43.5 Å². The number of anilines is 1. The second-order valence-electron chi connectivity index (χ2n) is 5.64. The Labute approximate surface area is 118 Å². The summed E-state index contributed by atoms with van der Waals surface area (Å²) >= 11 is 3.57. The Hall–Kier alpha value is -0.540. The lowest BCUT2D eigenvalue weighted by Crippen LogP contribution is -2.29. The van der Waals surface area contributed by atoms with Gasteiger partial charge in [-0.3, -0.25) is 0 Å². The lowest BCUT2D eigenvalue weighted by Gasteiger charge is -2.27. The van der Waals surface area contributed by atoms with Crippen molar-refractivity contribution in [3.05, 3.63) is 28.2 Å². The number of nitrogens with two attached hydrogens (primary N) is 1. The monoisotopic (exact) mass is 308 g/mol. The highest BCUT2D eigenvalue weighted by Crippen LogP contribution is 2.39. The van der Waals surface area contributed by atoms with Gasteiger partial charge >= 0.3 is 0 Å². The molecule has 0 atom stereocenters. The summed E-state index contributed by atoms with van der Waals surface area (Å²) in [6.45, 7) is 1.98. The third-order valence-corrected chi connectivity index (χ3v) is 4.40. The normalized spacial score (nSPS) is 19.0. The molecule has 1 aromatic rings. The van der Waals surface area contributed by atoms with Crippen LogP contribution in [-0.4, -0.2) is 19.1 Å². The molecule has 2 nitrogen and oxygen atoms in total. The summed E-state index contributed by atoms with van der Waals surface area (Å²) < 4.78 is 1.16. The van der Waals surface area contributed by atoms with Gasteiger partial charge in [0, 0.05) is 22.7 Å². The second-order valence-corrected chi connectivity index (χ2v) is 6.55. The molecule has 0 unspecified atom stereocenters. The van der Waals surface area contributed by atoms with Gasteiger partial charge in [-0.1, -0.05) is 15.9 Å². The van der Waals surface area contributed by atoms with Crippen molar-refractivity contribution in [3.8, 4) is 0 Å². The van der Waals surface area contributed by atoms with Crippen molar-refractivity contribution in [1.29, 1.82) is 0 Å². The Morgan fingerprint density at radius 3 is 2.61 bits per heavy atom. The number of rotatable bonds is 6. The smallest absolute Gasteiger partial charge is 0.0402 e. The average molecular weight is 309 g/mol. The first kappa shape index (κ1) is 12.5. The van der Waals surface area contributed by atoms with Crippen LogP contribution in [0.1, 0.15) is 31.2 Å². The quantitative estimate of drug-likeness (QED) is 0.873. The van der Waals surface area contributed by atoms with Gasteiger partial charge in [-0.25, -0.2) is 0 Å². The van der Waals surface area contributed by atoms with Crippen molar-refractivity contribution in [3.63, 3.8) is 0 Å². The highest BCUT2D eigenvalue weighted by molar-refractivity contribution is 9.10. The lowest BCUT2D eigenvalue weighted by molar-refractivity contribution is 0.714. The first-order valence-electron chi connectivity index (χ1n) is 7.03. The first-order valence-corrected chi connectivity index (χ1v) is 7.82. The van der Waals surface area contributed by atoms with Crippen LogP contribution in [0.4, 0.5) is 5.69 Å². The molecule has 2 N–H and O–H groups in total. The minimum absolute atomic E-state index is 0.728. The summed E-state index contributed by atoms with van der Waals surface area (Å²) in [5, 5.41) is 0. The van der Waals surface area contributed by atoms with Crippen LogP contribution in [-0.2, 0) is 6.42 Å². The molecule has 0 aromatic heterocycles. The Balaban J connectivity index is 1.86. The second kappa shape index (κ2) is 5.22. The largest absolute Gasteiger partial charge is 0.368 e. The van der Waals surface area contributed by atoms with E-state index >= 15 is 0 Å². The Bertz CT molecular complexity index is 425. The molecule has 1 aromatic carbocycles. The molecule has 2 fully saturated rings. The number of nitrogens with zero attached hydrogens (tertiary/aromatic N) is 1. The summed E-state index contributed by atoms with van der Waals surface area (Å²) in [7, 11) is 0. The fourth-order valence-electron chi connectivity index (χ4n) is 2.60. The minimum atomic E-state index is 0.728. The fraction of sp³-hybridized carbons (Fsp3) is 0.600. The molecule has 98 valence electrons. The van der Waals surface area contributed by atoms with Gasteiger partial charge in [0.05, 0.1) is 0 Å². The van der Waals surface area contributed by atoms with Gasteiger partial charge < -0.3 is 10.6 Å². The topological polar surface area (TPSA) is 29.3 Å². The first-order chi connectivity index (χ1) is 8.78. The maximum atomic E-state index is 5.75. The van der Waals surface area contributed by atoms with Crippen molar-refractivity contribution >= 4 is 21.6 Å². The molecule has 0 bridgehead atoms. The van der Waals surface area contributed by atoms with E-state index in [4.69, 9.17) is 5.73 Å². The zero-order valence-electron chi connectivity index (χ0n) is 10.7. The molecule has 3 rings (SSSR count). The molecule has 2 saturated carbocycles. The number of hydrogen-bond donors (Lipinski definition) is 1. The van der Waals surface area contributed by atoms with E-state index in [1.54, 1.807) is 0 Å². The average Bonchev–Trinajstić information content (AvgIpc) is 3.22. The summed E-state index contributed by atoms with van der Waals surface area (Å²) in [5.41, 5.74) is 8.58. The van der Waals surface area contributed by atoms with Gasteiger partial charge in [0.2, 0.25) is 0 Å². The molecule has 0 radical (unpaired) electrons. The van der Waals surface area contributed by atoms with E-state index < -0.39 is 0 Å². The van der Waals surface area contributed by atoms with Crippen molar-refractivity contribution in [2.75, 3.05) is 18.0 Å². The summed E-state index contributed by atoms with van der Waals surface area (Å²) in [6, 6.07) is 7.47. The van der Waals surface area contributed by atoms with Crippen LogP contribution in [0.15, 0.2) is 22.7 Å². The predicted octanol–water partition coefficient (Wildman–Crippen LogP) is 3.33. The van der Waals surface area contributed by atoms with Crippen LogP contribution in [0, 0.1) is 5.92 Å². The highest BCUT2D eigenvalue weighted by atomic mass is 79.9. The summed E-state index contributed by atoms with van der Waals surface area (Å²) in [4.78, 5) is 2.65. The zero-order valence-corrected chi connectivity index (χ0v) is 12.3. The fourth-order valence-corrected chi connectivity index (χ4v) is 3.01. The molecule has 2 aliphatic carbocycles. The van der Waals surface area contributed by atoms with Crippen LogP contribution in [0.5, 0.6) is 0 Å². The van der Waals surface area contributed by atoms with Gasteiger partial charge in [-0.15, -0.1) is 0 Å². The van der Waals surface area contributed by atoms with Crippen molar-refractivity contribution in [1.82, 2.24) is 0 Å². The van der Waals surface area contributed by atoms with E-state index in [-0.39, 0.29) is 0 Å². The van der Waals surface area contributed by atoms with Gasteiger partial charge in [-0.05, 0) is 68.3 Å². The SMILES string of the molecule is NCCc1cc(Br)ccc1N(CC1CC1)C1CC1. The van der Waals surface area contributed by atoms with Gasteiger partial charge in [-0.2, -0.15) is 0 Å². The van der Waals surface area contributed by atoms with Crippen molar-refractivity contribution in [2.45, 2.75) is 38.1 Å². The van der Waals surface area contributed by atoms with E-state index in [1.807, 2.05) is 0 Å². The van der Waals surface area contributed by atoms with Gasteiger partial charge in [0.15, 0.2) is 0 Å². The van der Waals surface area contributed by atoms with Crippen molar-refractivity contribution in [2.24, 2.45) is 11.7 Å². The third-order valence-electron chi connectivity index (χ3n) is 3.90. The van der Waals surface area contributed by atoms with E-state index in [2.05, 4.69) is 39.0 Å². The molecular formula is C15H21BrN2. The lowest BCUT2D eigenvalue weighted by atomic mass is 10.1. The Morgan fingerprint density at radius 2 is 2.00 bits per heavy atom. The molecule has 3 heteroatoms. The predicted molar refractivity (Wildman–Crippen MR) is 80.0 cm³/mol. The molecule has 0 saturated heterocycles. The number of hydrogen-bond acceptors (Lipinski definition) is 2. The molecular weight excluding hydrogens is 288 g/mol. The zero-order chi connectivity index (χ0) is 12.5. The summed E-state index contributed by atoms with van der Waals surface area (Å²) in [5.74, 6) is 0.944. The van der Waals surface area contributed by atoms with Crippen LogP contribution in [0.25, 0.3) is 0 Å². The number of benzene rings is 1. The van der Waals surface area contributed by atoms with Crippen LogP contribution in [0.3, 0.4) is 0 Å². The summed E-state index contributed by atoms with van der Waals surface area (Å²) in [6.07, 6.45) is 6.55.